The number of rotatable bonds is 8. The molecule has 0 aliphatic carbocycles. The fraction of sp³-hybridized carbons (Fsp3) is 0.467. The van der Waals surface area contributed by atoms with Crippen LogP contribution < -0.4 is 0 Å². The second-order valence-corrected chi connectivity index (χ2v) is 4.79. The topological polar surface area (TPSA) is 38.8 Å². The van der Waals surface area contributed by atoms with Crippen molar-refractivity contribution < 1.29 is 13.6 Å². The van der Waals surface area contributed by atoms with Gasteiger partial charge in [-0.3, -0.25) is 4.90 Å². The Kier molecular flexibility index (Phi) is 5.24. The van der Waals surface area contributed by atoms with Crippen LogP contribution >= 0.6 is 0 Å². The third-order valence-electron chi connectivity index (χ3n) is 2.78. The van der Waals surface area contributed by atoms with Gasteiger partial charge in [0, 0.05) is 6.54 Å². The quantitative estimate of drug-likeness (QED) is 0.732. The lowest BCUT2D eigenvalue weighted by Gasteiger charge is -2.20. The fourth-order valence-electron chi connectivity index (χ4n) is 1.88. The summed E-state index contributed by atoms with van der Waals surface area (Å²) in [5.41, 5.74) is 0. The summed E-state index contributed by atoms with van der Waals surface area (Å²) in [5.74, 6) is 1.91. The summed E-state index contributed by atoms with van der Waals surface area (Å²) in [6.45, 7) is 7.16. The summed E-state index contributed by atoms with van der Waals surface area (Å²) in [6, 6.07) is 7.78. The van der Waals surface area contributed by atoms with Crippen LogP contribution in [0.5, 0.6) is 0 Å². The van der Waals surface area contributed by atoms with E-state index in [-0.39, 0.29) is 6.10 Å². The minimum Gasteiger partial charge on any atom is -0.468 e. The van der Waals surface area contributed by atoms with Gasteiger partial charge in [0.2, 0.25) is 0 Å². The van der Waals surface area contributed by atoms with Crippen LogP contribution in [-0.4, -0.2) is 24.2 Å². The molecule has 2 aromatic heterocycles. The normalized spacial score (nSPS) is 11.6. The van der Waals surface area contributed by atoms with Gasteiger partial charge in [-0.15, -0.1) is 0 Å². The van der Waals surface area contributed by atoms with Crippen LogP contribution in [0.4, 0.5) is 0 Å². The van der Waals surface area contributed by atoms with Gasteiger partial charge in [0.15, 0.2) is 0 Å². The minimum atomic E-state index is 0.258. The highest BCUT2D eigenvalue weighted by Crippen LogP contribution is 2.11. The van der Waals surface area contributed by atoms with E-state index in [0.717, 1.165) is 31.2 Å². The zero-order chi connectivity index (χ0) is 13.5. The van der Waals surface area contributed by atoms with Crippen LogP contribution in [0.15, 0.2) is 45.6 Å². The smallest absolute Gasteiger partial charge is 0.117 e. The van der Waals surface area contributed by atoms with Crippen molar-refractivity contribution in [2.24, 2.45) is 0 Å². The van der Waals surface area contributed by atoms with E-state index in [1.165, 1.54) is 0 Å². The summed E-state index contributed by atoms with van der Waals surface area (Å²) in [5, 5.41) is 0. The first-order chi connectivity index (χ1) is 9.24. The van der Waals surface area contributed by atoms with Crippen molar-refractivity contribution in [3.8, 4) is 0 Å². The second kappa shape index (κ2) is 7.16. The Labute approximate surface area is 114 Å². The first-order valence-corrected chi connectivity index (χ1v) is 6.63. The lowest BCUT2D eigenvalue weighted by atomic mass is 10.3. The monoisotopic (exact) mass is 263 g/mol. The Morgan fingerprint density at radius 3 is 2.05 bits per heavy atom. The number of furan rings is 2. The molecule has 19 heavy (non-hydrogen) atoms. The molecule has 2 aromatic rings. The molecule has 2 rings (SSSR count). The van der Waals surface area contributed by atoms with Gasteiger partial charge in [0.25, 0.3) is 0 Å². The Hall–Kier alpha value is -1.52. The molecule has 0 saturated carbocycles. The van der Waals surface area contributed by atoms with Gasteiger partial charge < -0.3 is 13.6 Å². The maximum absolute atomic E-state index is 5.61. The molecule has 0 atom stereocenters. The molecule has 4 heteroatoms. The van der Waals surface area contributed by atoms with Gasteiger partial charge in [-0.25, -0.2) is 0 Å². The van der Waals surface area contributed by atoms with Crippen LogP contribution in [0.2, 0.25) is 0 Å². The van der Waals surface area contributed by atoms with E-state index >= 15 is 0 Å². The number of hydrogen-bond donors (Lipinski definition) is 0. The van der Waals surface area contributed by atoms with Gasteiger partial charge in [-0.05, 0) is 38.1 Å². The molecule has 0 aromatic carbocycles. The molecule has 0 amide bonds. The molecule has 0 bridgehead atoms. The Morgan fingerprint density at radius 1 is 1.05 bits per heavy atom. The lowest BCUT2D eigenvalue weighted by Crippen LogP contribution is -2.27. The minimum absolute atomic E-state index is 0.258. The van der Waals surface area contributed by atoms with Crippen molar-refractivity contribution in [2.45, 2.75) is 33.0 Å². The average Bonchev–Trinajstić information content (AvgIpc) is 3.01. The second-order valence-electron chi connectivity index (χ2n) is 4.79. The van der Waals surface area contributed by atoms with Crippen molar-refractivity contribution in [1.82, 2.24) is 4.90 Å². The molecule has 0 radical (unpaired) electrons. The maximum Gasteiger partial charge on any atom is 0.117 e. The van der Waals surface area contributed by atoms with Crippen molar-refractivity contribution in [3.05, 3.63) is 48.3 Å². The Balaban J connectivity index is 1.88. The highest BCUT2D eigenvalue weighted by atomic mass is 16.5. The first-order valence-electron chi connectivity index (χ1n) is 6.63. The van der Waals surface area contributed by atoms with E-state index in [1.54, 1.807) is 12.5 Å². The molecule has 0 spiro atoms. The van der Waals surface area contributed by atoms with E-state index in [2.05, 4.69) is 4.90 Å². The molecule has 104 valence electrons. The molecule has 0 fully saturated rings. The third kappa shape index (κ3) is 4.93. The standard InChI is InChI=1S/C15H21NO3/c1-13(2)17-10-7-16(11-14-5-3-8-18-14)12-15-6-4-9-19-15/h3-6,8-9,13H,7,10-12H2,1-2H3. The van der Waals surface area contributed by atoms with E-state index in [4.69, 9.17) is 13.6 Å². The van der Waals surface area contributed by atoms with Crippen LogP contribution in [0.1, 0.15) is 25.4 Å². The number of nitrogens with zero attached hydrogens (tertiary/aromatic N) is 1. The summed E-state index contributed by atoms with van der Waals surface area (Å²) in [7, 11) is 0. The van der Waals surface area contributed by atoms with Crippen molar-refractivity contribution in [2.75, 3.05) is 13.2 Å². The highest BCUT2D eigenvalue weighted by molar-refractivity contribution is 5.01. The molecular weight excluding hydrogens is 242 g/mol. The summed E-state index contributed by atoms with van der Waals surface area (Å²) < 4.78 is 16.4. The molecular formula is C15H21NO3. The van der Waals surface area contributed by atoms with Gasteiger partial charge >= 0.3 is 0 Å². The third-order valence-corrected chi connectivity index (χ3v) is 2.78. The van der Waals surface area contributed by atoms with E-state index in [1.807, 2.05) is 38.1 Å². The van der Waals surface area contributed by atoms with Crippen LogP contribution in [-0.2, 0) is 17.8 Å². The van der Waals surface area contributed by atoms with Gasteiger partial charge in [-0.1, -0.05) is 0 Å². The van der Waals surface area contributed by atoms with Crippen LogP contribution in [0, 0.1) is 0 Å². The number of ether oxygens (including phenoxy) is 1. The molecule has 4 nitrogen and oxygen atoms in total. The van der Waals surface area contributed by atoms with Gasteiger partial charge in [0.05, 0.1) is 38.3 Å². The fourth-order valence-corrected chi connectivity index (χ4v) is 1.88. The van der Waals surface area contributed by atoms with Crippen LogP contribution in [0.3, 0.4) is 0 Å². The van der Waals surface area contributed by atoms with Gasteiger partial charge in [0.1, 0.15) is 11.5 Å². The molecule has 2 heterocycles. The largest absolute Gasteiger partial charge is 0.468 e. The Bertz CT molecular complexity index is 398. The van der Waals surface area contributed by atoms with Crippen molar-refractivity contribution >= 4 is 0 Å². The average molecular weight is 263 g/mol. The van der Waals surface area contributed by atoms with Crippen molar-refractivity contribution in [3.63, 3.8) is 0 Å². The summed E-state index contributed by atoms with van der Waals surface area (Å²) >= 11 is 0. The molecule has 0 N–H and O–H groups in total. The number of hydrogen-bond acceptors (Lipinski definition) is 4. The predicted molar refractivity (Wildman–Crippen MR) is 72.6 cm³/mol. The van der Waals surface area contributed by atoms with E-state index in [9.17, 15) is 0 Å². The van der Waals surface area contributed by atoms with E-state index < -0.39 is 0 Å². The van der Waals surface area contributed by atoms with Gasteiger partial charge in [-0.2, -0.15) is 0 Å². The molecule has 0 aliphatic rings. The first kappa shape index (κ1) is 13.9. The van der Waals surface area contributed by atoms with E-state index in [0.29, 0.717) is 6.61 Å². The molecule has 0 unspecified atom stereocenters. The van der Waals surface area contributed by atoms with Crippen molar-refractivity contribution in [1.29, 1.82) is 0 Å². The van der Waals surface area contributed by atoms with Crippen LogP contribution in [0.25, 0.3) is 0 Å². The lowest BCUT2D eigenvalue weighted by molar-refractivity contribution is 0.0527. The maximum atomic E-state index is 5.61. The molecule has 0 aliphatic heterocycles. The summed E-state index contributed by atoms with van der Waals surface area (Å²) in [6.07, 6.45) is 3.66. The highest BCUT2D eigenvalue weighted by Gasteiger charge is 2.10. The zero-order valence-corrected chi connectivity index (χ0v) is 11.5. The Morgan fingerprint density at radius 2 is 1.63 bits per heavy atom. The zero-order valence-electron chi connectivity index (χ0n) is 11.5. The summed E-state index contributed by atoms with van der Waals surface area (Å²) in [4.78, 5) is 2.25. The molecule has 0 saturated heterocycles. The predicted octanol–water partition coefficient (Wildman–Crippen LogP) is 3.30. The SMILES string of the molecule is CC(C)OCCN(Cc1ccco1)Cc1ccco1.